The highest BCUT2D eigenvalue weighted by Gasteiger charge is 2.22. The summed E-state index contributed by atoms with van der Waals surface area (Å²) < 4.78 is 0. The van der Waals surface area contributed by atoms with E-state index >= 15 is 0 Å². The van der Waals surface area contributed by atoms with E-state index in [1.807, 2.05) is 20.0 Å². The Morgan fingerprint density at radius 3 is 3.00 bits per heavy atom. The fraction of sp³-hybridized carbons (Fsp3) is 0.471. The van der Waals surface area contributed by atoms with E-state index in [0.717, 1.165) is 48.3 Å². The molecule has 0 bridgehead atoms. The predicted octanol–water partition coefficient (Wildman–Crippen LogP) is 2.89. The van der Waals surface area contributed by atoms with Crippen LogP contribution in [-0.4, -0.2) is 36.6 Å². The summed E-state index contributed by atoms with van der Waals surface area (Å²) in [7, 11) is 1.98. The Morgan fingerprint density at radius 2 is 2.26 bits per heavy atom. The van der Waals surface area contributed by atoms with Crippen LogP contribution in [0, 0.1) is 23.0 Å². The molecule has 122 valence electrons. The number of hydrogen-bond acceptors (Lipinski definition) is 5. The van der Waals surface area contributed by atoms with Gasteiger partial charge in [0.1, 0.15) is 0 Å². The fourth-order valence-electron chi connectivity index (χ4n) is 3.44. The van der Waals surface area contributed by atoms with Crippen molar-refractivity contribution in [2.24, 2.45) is 5.92 Å². The summed E-state index contributed by atoms with van der Waals surface area (Å²) >= 11 is 0. The smallest absolute Gasteiger partial charge is 0.270 e. The van der Waals surface area contributed by atoms with Gasteiger partial charge < -0.3 is 10.2 Å². The third-order valence-electron chi connectivity index (χ3n) is 4.46. The van der Waals surface area contributed by atoms with Gasteiger partial charge in [-0.1, -0.05) is 0 Å². The molecular weight excluding hydrogens is 292 g/mol. The molecule has 6 nitrogen and oxygen atoms in total. The molecular formula is C17H22N4O2. The van der Waals surface area contributed by atoms with Gasteiger partial charge in [-0.05, 0) is 51.4 Å². The van der Waals surface area contributed by atoms with Crippen LogP contribution in [0.2, 0.25) is 0 Å². The fourth-order valence-corrected chi connectivity index (χ4v) is 3.44. The lowest BCUT2D eigenvalue weighted by Gasteiger charge is -2.35. The highest BCUT2D eigenvalue weighted by atomic mass is 16.6. The van der Waals surface area contributed by atoms with Crippen molar-refractivity contribution in [3.63, 3.8) is 0 Å². The predicted molar refractivity (Wildman–Crippen MR) is 92.0 cm³/mol. The SMILES string of the molecule is CNCC1CCCN(c2cc(C)nc3ccc([N+](=O)[O-])cc23)C1. The molecule has 3 rings (SSSR count). The van der Waals surface area contributed by atoms with Gasteiger partial charge in [0.05, 0.1) is 10.4 Å². The molecule has 0 amide bonds. The Kier molecular flexibility index (Phi) is 4.43. The Morgan fingerprint density at radius 1 is 1.43 bits per heavy atom. The maximum absolute atomic E-state index is 11.1. The number of anilines is 1. The molecule has 0 spiro atoms. The number of nitrogens with zero attached hydrogens (tertiary/aromatic N) is 3. The van der Waals surface area contributed by atoms with Crippen LogP contribution in [0.3, 0.4) is 0 Å². The second-order valence-corrected chi connectivity index (χ2v) is 6.25. The summed E-state index contributed by atoms with van der Waals surface area (Å²) in [6, 6.07) is 6.98. The van der Waals surface area contributed by atoms with Crippen LogP contribution >= 0.6 is 0 Å². The minimum atomic E-state index is -0.344. The van der Waals surface area contributed by atoms with E-state index in [0.29, 0.717) is 5.92 Å². The zero-order valence-corrected chi connectivity index (χ0v) is 13.6. The molecule has 1 aliphatic rings. The quantitative estimate of drug-likeness (QED) is 0.694. The second kappa shape index (κ2) is 6.50. The molecule has 1 atom stereocenters. The molecule has 0 radical (unpaired) electrons. The number of fused-ring (bicyclic) bond motifs is 1. The van der Waals surface area contributed by atoms with Crippen molar-refractivity contribution in [1.82, 2.24) is 10.3 Å². The molecule has 0 saturated carbocycles. The van der Waals surface area contributed by atoms with Crippen molar-refractivity contribution < 1.29 is 4.92 Å². The number of benzene rings is 1. The number of aryl methyl sites for hydroxylation is 1. The second-order valence-electron chi connectivity index (χ2n) is 6.25. The number of hydrogen-bond donors (Lipinski definition) is 1. The minimum Gasteiger partial charge on any atom is -0.371 e. The number of pyridine rings is 1. The highest BCUT2D eigenvalue weighted by molar-refractivity contribution is 5.93. The number of rotatable bonds is 4. The monoisotopic (exact) mass is 314 g/mol. The standard InChI is InChI=1S/C17H22N4O2/c1-12-8-17(20-7-3-4-13(11-20)10-18-2)15-9-14(21(22)23)5-6-16(15)19-12/h5-6,8-9,13,18H,3-4,7,10-11H2,1-2H3. The van der Waals surface area contributed by atoms with Crippen LogP contribution in [-0.2, 0) is 0 Å². The molecule has 1 aromatic heterocycles. The zero-order valence-electron chi connectivity index (χ0n) is 13.6. The lowest BCUT2D eigenvalue weighted by atomic mass is 9.97. The Balaban J connectivity index is 2.04. The van der Waals surface area contributed by atoms with Gasteiger partial charge in [0, 0.05) is 42.0 Å². The van der Waals surface area contributed by atoms with Crippen molar-refractivity contribution in [3.8, 4) is 0 Å². The number of piperidine rings is 1. The average Bonchev–Trinajstić information content (AvgIpc) is 2.54. The maximum Gasteiger partial charge on any atom is 0.270 e. The summed E-state index contributed by atoms with van der Waals surface area (Å²) in [4.78, 5) is 17.6. The normalized spacial score (nSPS) is 18.3. The lowest BCUT2D eigenvalue weighted by Crippen LogP contribution is -2.39. The van der Waals surface area contributed by atoms with Crippen LogP contribution in [0.4, 0.5) is 11.4 Å². The third kappa shape index (κ3) is 3.27. The Bertz CT molecular complexity index is 730. The van der Waals surface area contributed by atoms with Crippen molar-refractivity contribution in [3.05, 3.63) is 40.1 Å². The number of non-ortho nitro benzene ring substituents is 1. The van der Waals surface area contributed by atoms with Gasteiger partial charge in [-0.2, -0.15) is 0 Å². The molecule has 1 unspecified atom stereocenters. The minimum absolute atomic E-state index is 0.119. The first-order chi connectivity index (χ1) is 11.1. The van der Waals surface area contributed by atoms with Crippen molar-refractivity contribution >= 4 is 22.3 Å². The van der Waals surface area contributed by atoms with Crippen LogP contribution in [0.5, 0.6) is 0 Å². The molecule has 2 heterocycles. The third-order valence-corrected chi connectivity index (χ3v) is 4.46. The number of nitro groups is 1. The van der Waals surface area contributed by atoms with E-state index in [1.54, 1.807) is 12.1 Å². The first kappa shape index (κ1) is 15.7. The maximum atomic E-state index is 11.1. The molecule has 0 aliphatic carbocycles. The van der Waals surface area contributed by atoms with Gasteiger partial charge in [0.25, 0.3) is 5.69 Å². The number of aromatic nitrogens is 1. The van der Waals surface area contributed by atoms with Gasteiger partial charge in [-0.25, -0.2) is 0 Å². The Hall–Kier alpha value is -2.21. The molecule has 2 aromatic rings. The van der Waals surface area contributed by atoms with Crippen LogP contribution in [0.1, 0.15) is 18.5 Å². The van der Waals surface area contributed by atoms with Crippen molar-refractivity contribution in [2.45, 2.75) is 19.8 Å². The van der Waals surface area contributed by atoms with E-state index in [1.165, 1.54) is 12.5 Å². The largest absolute Gasteiger partial charge is 0.371 e. The van der Waals surface area contributed by atoms with Crippen molar-refractivity contribution in [1.29, 1.82) is 0 Å². The van der Waals surface area contributed by atoms with Crippen LogP contribution in [0.15, 0.2) is 24.3 Å². The summed E-state index contributed by atoms with van der Waals surface area (Å²) in [6.45, 7) is 4.93. The van der Waals surface area contributed by atoms with E-state index in [2.05, 4.69) is 15.2 Å². The van der Waals surface area contributed by atoms with Crippen molar-refractivity contribution in [2.75, 3.05) is 31.6 Å². The molecule has 1 saturated heterocycles. The lowest BCUT2D eigenvalue weighted by molar-refractivity contribution is -0.384. The summed E-state index contributed by atoms with van der Waals surface area (Å²) in [5.74, 6) is 0.607. The van der Waals surface area contributed by atoms with Gasteiger partial charge >= 0.3 is 0 Å². The molecule has 6 heteroatoms. The molecule has 23 heavy (non-hydrogen) atoms. The number of nitro benzene ring substituents is 1. The molecule has 1 aliphatic heterocycles. The topological polar surface area (TPSA) is 71.3 Å². The zero-order chi connectivity index (χ0) is 16.4. The summed E-state index contributed by atoms with van der Waals surface area (Å²) in [6.07, 6.45) is 2.36. The number of nitrogens with one attached hydrogen (secondary N) is 1. The van der Waals surface area contributed by atoms with Crippen LogP contribution in [0.25, 0.3) is 10.9 Å². The summed E-state index contributed by atoms with van der Waals surface area (Å²) in [5, 5.41) is 15.2. The van der Waals surface area contributed by atoms with Crippen LogP contribution < -0.4 is 10.2 Å². The average molecular weight is 314 g/mol. The van der Waals surface area contributed by atoms with E-state index in [-0.39, 0.29) is 10.6 Å². The first-order valence-corrected chi connectivity index (χ1v) is 8.04. The van der Waals surface area contributed by atoms with Gasteiger partial charge in [0.2, 0.25) is 0 Å². The van der Waals surface area contributed by atoms with Gasteiger partial charge in [-0.15, -0.1) is 0 Å². The van der Waals surface area contributed by atoms with E-state index in [4.69, 9.17) is 0 Å². The van der Waals surface area contributed by atoms with E-state index < -0.39 is 0 Å². The first-order valence-electron chi connectivity index (χ1n) is 8.04. The highest BCUT2D eigenvalue weighted by Crippen LogP contribution is 2.32. The Labute approximate surface area is 135 Å². The molecule has 1 aromatic carbocycles. The molecule has 1 N–H and O–H groups in total. The van der Waals surface area contributed by atoms with Gasteiger partial charge in [-0.3, -0.25) is 15.1 Å². The molecule has 1 fully saturated rings. The van der Waals surface area contributed by atoms with Gasteiger partial charge in [0.15, 0.2) is 0 Å². The van der Waals surface area contributed by atoms with E-state index in [9.17, 15) is 10.1 Å². The summed E-state index contributed by atoms with van der Waals surface area (Å²) in [5.41, 5.74) is 2.95.